The van der Waals surface area contributed by atoms with Gasteiger partial charge in [-0.3, -0.25) is 0 Å². The lowest BCUT2D eigenvalue weighted by atomic mass is 10.2. The third-order valence-electron chi connectivity index (χ3n) is 2.82. The number of nitrogens with two attached hydrogens (primary N) is 1. The minimum absolute atomic E-state index is 0.166. The van der Waals surface area contributed by atoms with Crippen LogP contribution in [0.2, 0.25) is 5.02 Å². The van der Waals surface area contributed by atoms with E-state index in [9.17, 15) is 8.42 Å². The molecule has 0 radical (unpaired) electrons. The lowest BCUT2D eigenvalue weighted by Gasteiger charge is -2.26. The molecule has 0 saturated carbocycles. The van der Waals surface area contributed by atoms with Crippen molar-refractivity contribution >= 4 is 33.4 Å². The summed E-state index contributed by atoms with van der Waals surface area (Å²) < 4.78 is 26.4. The fourth-order valence-corrected chi connectivity index (χ4v) is 4.90. The van der Waals surface area contributed by atoms with Gasteiger partial charge < -0.3 is 5.73 Å². The van der Waals surface area contributed by atoms with E-state index in [-0.39, 0.29) is 9.92 Å². The Labute approximate surface area is 117 Å². The Morgan fingerprint density at radius 1 is 1.33 bits per heavy atom. The summed E-state index contributed by atoms with van der Waals surface area (Å²) in [6.45, 7) is 1.38. The predicted molar refractivity (Wildman–Crippen MR) is 75.4 cm³/mol. The van der Waals surface area contributed by atoms with Crippen molar-refractivity contribution in [2.24, 2.45) is 5.73 Å². The summed E-state index contributed by atoms with van der Waals surface area (Å²) in [6, 6.07) is 4.90. The van der Waals surface area contributed by atoms with E-state index in [1.54, 1.807) is 30.0 Å². The lowest BCUT2D eigenvalue weighted by Crippen LogP contribution is -2.38. The third-order valence-corrected chi connectivity index (χ3v) is 6.14. The summed E-state index contributed by atoms with van der Waals surface area (Å²) in [4.78, 5) is 0.166. The second-order valence-corrected chi connectivity index (χ2v) is 7.52. The highest BCUT2D eigenvalue weighted by Gasteiger charge is 2.28. The predicted octanol–water partition coefficient (Wildman–Crippen LogP) is 1.54. The molecule has 0 aromatic heterocycles. The zero-order chi connectivity index (χ0) is 13.2. The molecule has 1 aromatic carbocycles. The molecule has 1 aliphatic heterocycles. The van der Waals surface area contributed by atoms with E-state index in [1.807, 2.05) is 0 Å². The molecule has 1 heterocycles. The van der Waals surface area contributed by atoms with E-state index >= 15 is 0 Å². The molecule has 0 bridgehead atoms. The molecule has 0 aliphatic carbocycles. The van der Waals surface area contributed by atoms with Crippen LogP contribution in [0.15, 0.2) is 23.1 Å². The van der Waals surface area contributed by atoms with Gasteiger partial charge in [-0.2, -0.15) is 16.1 Å². The molecule has 18 heavy (non-hydrogen) atoms. The van der Waals surface area contributed by atoms with Crippen molar-refractivity contribution in [3.05, 3.63) is 28.8 Å². The van der Waals surface area contributed by atoms with Gasteiger partial charge in [0.15, 0.2) is 0 Å². The first-order chi connectivity index (χ1) is 8.55. The van der Waals surface area contributed by atoms with Crippen molar-refractivity contribution in [3.8, 4) is 0 Å². The molecule has 1 saturated heterocycles. The quantitative estimate of drug-likeness (QED) is 0.920. The van der Waals surface area contributed by atoms with Crippen LogP contribution in [0, 0.1) is 0 Å². The first-order valence-electron chi connectivity index (χ1n) is 5.62. The Bertz CT molecular complexity index is 528. The molecular formula is C11H15ClN2O2S2. The molecule has 0 amide bonds. The monoisotopic (exact) mass is 306 g/mol. The van der Waals surface area contributed by atoms with Crippen molar-refractivity contribution in [2.45, 2.75) is 11.4 Å². The summed E-state index contributed by atoms with van der Waals surface area (Å²) in [5.74, 6) is 1.65. The molecule has 2 N–H and O–H groups in total. The molecule has 7 heteroatoms. The van der Waals surface area contributed by atoms with Gasteiger partial charge in [0.1, 0.15) is 4.90 Å². The molecule has 100 valence electrons. The van der Waals surface area contributed by atoms with Crippen LogP contribution in [0.3, 0.4) is 0 Å². The average Bonchev–Trinajstić information content (AvgIpc) is 2.40. The number of halogens is 1. The minimum Gasteiger partial charge on any atom is -0.326 e. The van der Waals surface area contributed by atoms with Gasteiger partial charge in [0.05, 0.1) is 5.02 Å². The SMILES string of the molecule is NCc1ccc(Cl)c(S(=O)(=O)N2CCSCC2)c1. The summed E-state index contributed by atoms with van der Waals surface area (Å²) in [7, 11) is -3.49. The highest BCUT2D eigenvalue weighted by molar-refractivity contribution is 7.99. The van der Waals surface area contributed by atoms with Gasteiger partial charge in [-0.15, -0.1) is 0 Å². The molecule has 1 aromatic rings. The Morgan fingerprint density at radius 3 is 2.61 bits per heavy atom. The van der Waals surface area contributed by atoms with E-state index < -0.39 is 10.0 Å². The first-order valence-corrected chi connectivity index (χ1v) is 8.59. The van der Waals surface area contributed by atoms with Crippen LogP contribution in [0.1, 0.15) is 5.56 Å². The van der Waals surface area contributed by atoms with Crippen LogP contribution < -0.4 is 5.73 Å². The van der Waals surface area contributed by atoms with E-state index in [0.29, 0.717) is 19.6 Å². The molecule has 2 rings (SSSR count). The number of rotatable bonds is 3. The number of nitrogens with zero attached hydrogens (tertiary/aromatic N) is 1. The largest absolute Gasteiger partial charge is 0.326 e. The van der Waals surface area contributed by atoms with Gasteiger partial charge in [0.2, 0.25) is 10.0 Å². The van der Waals surface area contributed by atoms with Crippen molar-refractivity contribution in [2.75, 3.05) is 24.6 Å². The van der Waals surface area contributed by atoms with Crippen molar-refractivity contribution in [3.63, 3.8) is 0 Å². The molecule has 4 nitrogen and oxygen atoms in total. The smallest absolute Gasteiger partial charge is 0.244 e. The van der Waals surface area contributed by atoms with Gasteiger partial charge in [-0.25, -0.2) is 8.42 Å². The Kier molecular flexibility index (Phi) is 4.55. The molecule has 0 atom stereocenters. The van der Waals surface area contributed by atoms with Crippen molar-refractivity contribution in [1.82, 2.24) is 4.31 Å². The van der Waals surface area contributed by atoms with Crippen LogP contribution in [0.25, 0.3) is 0 Å². The Hall–Kier alpha value is -0.270. The van der Waals surface area contributed by atoms with Crippen molar-refractivity contribution in [1.29, 1.82) is 0 Å². The number of hydrogen-bond acceptors (Lipinski definition) is 4. The van der Waals surface area contributed by atoms with Crippen molar-refractivity contribution < 1.29 is 8.42 Å². The molecule has 0 unspecified atom stereocenters. The van der Waals surface area contributed by atoms with E-state index in [4.69, 9.17) is 17.3 Å². The number of hydrogen-bond donors (Lipinski definition) is 1. The maximum absolute atomic E-state index is 12.5. The maximum Gasteiger partial charge on any atom is 0.244 e. The Morgan fingerprint density at radius 2 is 2.00 bits per heavy atom. The average molecular weight is 307 g/mol. The fraction of sp³-hybridized carbons (Fsp3) is 0.455. The summed E-state index contributed by atoms with van der Waals surface area (Å²) in [6.07, 6.45) is 0. The van der Waals surface area contributed by atoms with E-state index in [0.717, 1.165) is 17.1 Å². The summed E-state index contributed by atoms with van der Waals surface area (Å²) in [5.41, 5.74) is 6.30. The zero-order valence-corrected chi connectivity index (χ0v) is 12.2. The van der Waals surface area contributed by atoms with Crippen LogP contribution in [0.5, 0.6) is 0 Å². The normalized spacial score (nSPS) is 17.9. The van der Waals surface area contributed by atoms with Crippen LogP contribution in [0.4, 0.5) is 0 Å². The molecule has 0 spiro atoms. The summed E-state index contributed by atoms with van der Waals surface area (Å²) >= 11 is 7.77. The highest BCUT2D eigenvalue weighted by Crippen LogP contribution is 2.27. The van der Waals surface area contributed by atoms with E-state index in [2.05, 4.69) is 0 Å². The van der Waals surface area contributed by atoms with Gasteiger partial charge in [0.25, 0.3) is 0 Å². The molecule has 1 aliphatic rings. The van der Waals surface area contributed by atoms with Crippen LogP contribution in [-0.4, -0.2) is 37.3 Å². The zero-order valence-electron chi connectivity index (χ0n) is 9.80. The minimum atomic E-state index is -3.49. The summed E-state index contributed by atoms with van der Waals surface area (Å²) in [5, 5.41) is 0.255. The standard InChI is InChI=1S/C11H15ClN2O2S2/c12-10-2-1-9(8-13)7-11(10)18(15,16)14-3-5-17-6-4-14/h1-2,7H,3-6,8,13H2. The Balaban J connectivity index is 2.39. The van der Waals surface area contributed by atoms with Gasteiger partial charge in [0, 0.05) is 31.1 Å². The lowest BCUT2D eigenvalue weighted by molar-refractivity contribution is 0.443. The van der Waals surface area contributed by atoms with Gasteiger partial charge >= 0.3 is 0 Å². The highest BCUT2D eigenvalue weighted by atomic mass is 35.5. The first kappa shape index (κ1) is 14.1. The maximum atomic E-state index is 12.5. The van der Waals surface area contributed by atoms with Gasteiger partial charge in [-0.05, 0) is 17.7 Å². The third kappa shape index (κ3) is 2.83. The fourth-order valence-electron chi connectivity index (χ4n) is 1.80. The molecular weight excluding hydrogens is 292 g/mol. The van der Waals surface area contributed by atoms with Crippen LogP contribution >= 0.6 is 23.4 Å². The number of sulfonamides is 1. The number of thioether (sulfide) groups is 1. The number of benzene rings is 1. The van der Waals surface area contributed by atoms with Crippen LogP contribution in [-0.2, 0) is 16.6 Å². The van der Waals surface area contributed by atoms with E-state index in [1.165, 1.54) is 4.31 Å². The van der Waals surface area contributed by atoms with Gasteiger partial charge in [-0.1, -0.05) is 17.7 Å². The second-order valence-electron chi connectivity index (χ2n) is 3.99. The second kappa shape index (κ2) is 5.79. The topological polar surface area (TPSA) is 63.4 Å². The molecule has 1 fully saturated rings.